The smallest absolute Gasteiger partial charge is 0.0531 e. The van der Waals surface area contributed by atoms with Gasteiger partial charge >= 0.3 is 0 Å². The molecule has 2 atom stereocenters. The lowest BCUT2D eigenvalue weighted by atomic mass is 10.1. The van der Waals surface area contributed by atoms with Crippen molar-refractivity contribution in [3.63, 3.8) is 0 Å². The molecule has 0 radical (unpaired) electrons. The van der Waals surface area contributed by atoms with Gasteiger partial charge in [-0.25, -0.2) is 0 Å². The molecule has 1 aromatic rings. The van der Waals surface area contributed by atoms with E-state index in [1.54, 1.807) is 0 Å². The molecule has 1 N–H and O–H groups in total. The molecule has 0 aromatic carbocycles. The number of anilines is 1. The third-order valence-electron chi connectivity index (χ3n) is 4.13. The zero-order chi connectivity index (χ0) is 11.0. The molecule has 0 aliphatic heterocycles. The van der Waals surface area contributed by atoms with Crippen LogP contribution >= 0.6 is 0 Å². The zero-order valence-electron chi connectivity index (χ0n) is 10.00. The van der Waals surface area contributed by atoms with Crippen LogP contribution in [0.25, 0.3) is 0 Å². The summed E-state index contributed by atoms with van der Waals surface area (Å²) in [5, 5.41) is 3.66. The van der Waals surface area contributed by atoms with Crippen molar-refractivity contribution in [2.45, 2.75) is 51.5 Å². The van der Waals surface area contributed by atoms with Crippen molar-refractivity contribution in [2.75, 3.05) is 5.32 Å². The summed E-state index contributed by atoms with van der Waals surface area (Å²) < 4.78 is 0. The fraction of sp³-hybridized carbons (Fsp3) is 0.643. The van der Waals surface area contributed by atoms with Crippen molar-refractivity contribution in [2.24, 2.45) is 5.92 Å². The minimum atomic E-state index is 0.668. The number of rotatable bonds is 2. The molecule has 16 heavy (non-hydrogen) atoms. The number of nitrogens with zero attached hydrogens (tertiary/aromatic N) is 1. The molecule has 86 valence electrons. The van der Waals surface area contributed by atoms with E-state index in [1.165, 1.54) is 55.5 Å². The lowest BCUT2D eigenvalue weighted by Gasteiger charge is -2.18. The maximum Gasteiger partial charge on any atom is 0.0531 e. The highest BCUT2D eigenvalue weighted by Gasteiger charge is 2.23. The number of fused-ring (bicyclic) bond motifs is 1. The van der Waals surface area contributed by atoms with E-state index in [9.17, 15) is 0 Å². The number of hydrogen-bond donors (Lipinski definition) is 1. The van der Waals surface area contributed by atoms with Crippen LogP contribution < -0.4 is 5.32 Å². The van der Waals surface area contributed by atoms with Gasteiger partial charge in [-0.05, 0) is 49.7 Å². The number of nitrogens with one attached hydrogen (secondary N) is 1. The van der Waals surface area contributed by atoms with E-state index in [-0.39, 0.29) is 0 Å². The molecule has 0 saturated heterocycles. The average Bonchev–Trinajstić information content (AvgIpc) is 2.88. The predicted octanol–water partition coefficient (Wildman–Crippen LogP) is 3.17. The van der Waals surface area contributed by atoms with Gasteiger partial charge < -0.3 is 5.32 Å². The Bertz CT molecular complexity index is 386. The molecule has 2 aliphatic carbocycles. The van der Waals surface area contributed by atoms with Gasteiger partial charge in [-0.3, -0.25) is 4.98 Å². The summed E-state index contributed by atoms with van der Waals surface area (Å²) in [6.07, 6.45) is 9.76. The predicted molar refractivity (Wildman–Crippen MR) is 66.7 cm³/mol. The third kappa shape index (κ3) is 1.81. The van der Waals surface area contributed by atoms with E-state index < -0.39 is 0 Å². The Kier molecular flexibility index (Phi) is 2.58. The van der Waals surface area contributed by atoms with Crippen molar-refractivity contribution in [3.05, 3.63) is 23.5 Å². The molecule has 1 aromatic heterocycles. The van der Waals surface area contributed by atoms with Crippen molar-refractivity contribution >= 4 is 5.69 Å². The summed E-state index contributed by atoms with van der Waals surface area (Å²) >= 11 is 0. The zero-order valence-corrected chi connectivity index (χ0v) is 10.00. The fourth-order valence-electron chi connectivity index (χ4n) is 3.08. The largest absolute Gasteiger partial charge is 0.381 e. The molecular formula is C14H20N2. The molecule has 2 nitrogen and oxygen atoms in total. The number of aromatic nitrogens is 1. The first-order valence-corrected chi connectivity index (χ1v) is 6.57. The Morgan fingerprint density at radius 2 is 2.19 bits per heavy atom. The highest BCUT2D eigenvalue weighted by atomic mass is 14.9. The van der Waals surface area contributed by atoms with Crippen LogP contribution in [0.1, 0.15) is 43.9 Å². The summed E-state index contributed by atoms with van der Waals surface area (Å²) in [6.45, 7) is 2.35. The first-order valence-electron chi connectivity index (χ1n) is 6.57. The van der Waals surface area contributed by atoms with Gasteiger partial charge in [0.25, 0.3) is 0 Å². The van der Waals surface area contributed by atoms with Gasteiger partial charge in [-0.1, -0.05) is 13.3 Å². The second kappa shape index (κ2) is 4.08. The molecule has 1 heterocycles. The van der Waals surface area contributed by atoms with Crippen LogP contribution in [0.15, 0.2) is 12.3 Å². The van der Waals surface area contributed by atoms with Crippen LogP contribution in [0.4, 0.5) is 5.69 Å². The first kappa shape index (κ1) is 10.1. The second-order valence-corrected chi connectivity index (χ2v) is 5.34. The minimum absolute atomic E-state index is 0.668. The minimum Gasteiger partial charge on any atom is -0.381 e. The Hall–Kier alpha value is -1.05. The fourth-order valence-corrected chi connectivity index (χ4v) is 3.08. The maximum absolute atomic E-state index is 4.56. The summed E-state index contributed by atoms with van der Waals surface area (Å²) in [5.41, 5.74) is 4.03. The second-order valence-electron chi connectivity index (χ2n) is 5.34. The highest BCUT2D eigenvalue weighted by Crippen LogP contribution is 2.29. The molecular weight excluding hydrogens is 196 g/mol. The molecule has 2 unspecified atom stereocenters. The summed E-state index contributed by atoms with van der Waals surface area (Å²) in [4.78, 5) is 4.56. The number of hydrogen-bond acceptors (Lipinski definition) is 2. The van der Waals surface area contributed by atoms with E-state index in [0.717, 1.165) is 5.92 Å². The first-order chi connectivity index (χ1) is 7.83. The average molecular weight is 216 g/mol. The van der Waals surface area contributed by atoms with Crippen molar-refractivity contribution in [1.82, 2.24) is 4.98 Å². The molecule has 1 saturated carbocycles. The third-order valence-corrected chi connectivity index (χ3v) is 4.13. The lowest BCUT2D eigenvalue weighted by Crippen LogP contribution is -2.21. The molecule has 2 aliphatic rings. The Morgan fingerprint density at radius 1 is 1.25 bits per heavy atom. The van der Waals surface area contributed by atoms with Gasteiger partial charge in [-0.2, -0.15) is 0 Å². The van der Waals surface area contributed by atoms with Gasteiger partial charge in [0.05, 0.1) is 11.9 Å². The number of aryl methyl sites for hydroxylation is 2. The SMILES string of the molecule is CC1CCCC1Nc1cnc2c(c1)CCC2. The normalized spacial score (nSPS) is 28.1. The van der Waals surface area contributed by atoms with Crippen LogP contribution in [0.3, 0.4) is 0 Å². The van der Waals surface area contributed by atoms with Crippen LogP contribution in [0, 0.1) is 5.92 Å². The van der Waals surface area contributed by atoms with Gasteiger partial charge in [0.2, 0.25) is 0 Å². The van der Waals surface area contributed by atoms with Crippen LogP contribution in [0.2, 0.25) is 0 Å². The Balaban J connectivity index is 1.75. The van der Waals surface area contributed by atoms with Crippen LogP contribution in [0.5, 0.6) is 0 Å². The van der Waals surface area contributed by atoms with Crippen molar-refractivity contribution < 1.29 is 0 Å². The van der Waals surface area contributed by atoms with E-state index in [0.29, 0.717) is 6.04 Å². The maximum atomic E-state index is 4.56. The van der Waals surface area contributed by atoms with Gasteiger partial charge in [0.1, 0.15) is 0 Å². The summed E-state index contributed by atoms with van der Waals surface area (Å²) in [5.74, 6) is 0.813. The number of pyridine rings is 1. The van der Waals surface area contributed by atoms with E-state index >= 15 is 0 Å². The van der Waals surface area contributed by atoms with Gasteiger partial charge in [0, 0.05) is 11.7 Å². The Morgan fingerprint density at radius 3 is 3.00 bits per heavy atom. The topological polar surface area (TPSA) is 24.9 Å². The van der Waals surface area contributed by atoms with Crippen LogP contribution in [-0.4, -0.2) is 11.0 Å². The Labute approximate surface area is 97.5 Å². The lowest BCUT2D eigenvalue weighted by molar-refractivity contribution is 0.556. The molecule has 2 heteroatoms. The van der Waals surface area contributed by atoms with Crippen molar-refractivity contribution in [3.8, 4) is 0 Å². The molecule has 1 fully saturated rings. The summed E-state index contributed by atoms with van der Waals surface area (Å²) in [6, 6.07) is 2.99. The molecule has 0 bridgehead atoms. The standard InChI is InChI=1S/C14H20N2/c1-10-4-2-6-13(10)16-12-8-11-5-3-7-14(11)15-9-12/h8-10,13,16H,2-7H2,1H3. The van der Waals surface area contributed by atoms with E-state index in [4.69, 9.17) is 0 Å². The molecule has 0 spiro atoms. The molecule has 3 rings (SSSR count). The monoisotopic (exact) mass is 216 g/mol. The van der Waals surface area contributed by atoms with Crippen LogP contribution in [-0.2, 0) is 12.8 Å². The van der Waals surface area contributed by atoms with E-state index in [2.05, 4.69) is 23.3 Å². The summed E-state index contributed by atoms with van der Waals surface area (Å²) in [7, 11) is 0. The quantitative estimate of drug-likeness (QED) is 0.821. The van der Waals surface area contributed by atoms with Gasteiger partial charge in [0.15, 0.2) is 0 Å². The molecule has 0 amide bonds. The van der Waals surface area contributed by atoms with Gasteiger partial charge in [-0.15, -0.1) is 0 Å². The van der Waals surface area contributed by atoms with Crippen molar-refractivity contribution in [1.29, 1.82) is 0 Å². The van der Waals surface area contributed by atoms with E-state index in [1.807, 2.05) is 6.20 Å². The highest BCUT2D eigenvalue weighted by molar-refractivity contribution is 5.47.